The molecule has 2 N–H and O–H groups in total. The van der Waals surface area contributed by atoms with Gasteiger partial charge in [-0.3, -0.25) is 14.9 Å². The van der Waals surface area contributed by atoms with Crippen LogP contribution < -0.4 is 5.73 Å². The highest BCUT2D eigenvalue weighted by Crippen LogP contribution is 2.23. The number of hydrogen-bond donors (Lipinski definition) is 1. The van der Waals surface area contributed by atoms with Gasteiger partial charge in [-0.05, 0) is 25.3 Å². The molecule has 1 aromatic rings. The van der Waals surface area contributed by atoms with Gasteiger partial charge in [0.1, 0.15) is 4.92 Å². The molecule has 8 heteroatoms. The standard InChI is InChI=1S/C11H15N3O4.ClH/c1-7(12)8-4-5-13(6-8)11(15)9-2-3-10(18-9)14(16)17;/h2-3,7-8H,4-6,12H2,1H3;1H. The summed E-state index contributed by atoms with van der Waals surface area (Å²) in [5.74, 6) is -0.446. The fraction of sp³-hybridized carbons (Fsp3) is 0.545. The van der Waals surface area contributed by atoms with Gasteiger partial charge in [-0.2, -0.15) is 0 Å². The van der Waals surface area contributed by atoms with Crippen molar-refractivity contribution in [1.82, 2.24) is 4.90 Å². The van der Waals surface area contributed by atoms with E-state index >= 15 is 0 Å². The van der Waals surface area contributed by atoms with Crippen molar-refractivity contribution in [1.29, 1.82) is 0 Å². The lowest BCUT2D eigenvalue weighted by molar-refractivity contribution is -0.402. The fourth-order valence-corrected chi connectivity index (χ4v) is 2.10. The minimum Gasteiger partial charge on any atom is -0.395 e. The Morgan fingerprint density at radius 2 is 2.32 bits per heavy atom. The maximum atomic E-state index is 12.0. The third-order valence-corrected chi connectivity index (χ3v) is 3.24. The topological polar surface area (TPSA) is 103 Å². The van der Waals surface area contributed by atoms with Crippen molar-refractivity contribution in [2.24, 2.45) is 11.7 Å². The molecule has 2 heterocycles. The highest BCUT2D eigenvalue weighted by molar-refractivity contribution is 5.92. The minimum absolute atomic E-state index is 0. The predicted molar refractivity (Wildman–Crippen MR) is 70.3 cm³/mol. The molecule has 0 aromatic carbocycles. The van der Waals surface area contributed by atoms with Gasteiger partial charge in [0.25, 0.3) is 5.91 Å². The van der Waals surface area contributed by atoms with E-state index in [1.54, 1.807) is 4.90 Å². The van der Waals surface area contributed by atoms with Gasteiger partial charge >= 0.3 is 5.88 Å². The molecule has 1 aliphatic rings. The van der Waals surface area contributed by atoms with Crippen LogP contribution in [-0.4, -0.2) is 34.9 Å². The van der Waals surface area contributed by atoms with Gasteiger partial charge in [-0.1, -0.05) is 0 Å². The second-order valence-electron chi connectivity index (χ2n) is 4.55. The second-order valence-corrected chi connectivity index (χ2v) is 4.55. The summed E-state index contributed by atoms with van der Waals surface area (Å²) in [5.41, 5.74) is 5.79. The van der Waals surface area contributed by atoms with Crippen LogP contribution in [0.3, 0.4) is 0 Å². The molecule has 2 rings (SSSR count). The Labute approximate surface area is 116 Å². The summed E-state index contributed by atoms with van der Waals surface area (Å²) in [5, 5.41) is 10.5. The van der Waals surface area contributed by atoms with Crippen molar-refractivity contribution in [2.75, 3.05) is 13.1 Å². The molecule has 1 fully saturated rings. The summed E-state index contributed by atoms with van der Waals surface area (Å²) >= 11 is 0. The predicted octanol–water partition coefficient (Wildman–Crippen LogP) is 1.42. The van der Waals surface area contributed by atoms with Crippen LogP contribution in [0.1, 0.15) is 23.9 Å². The Bertz CT molecular complexity index is 474. The summed E-state index contributed by atoms with van der Waals surface area (Å²) in [7, 11) is 0. The van der Waals surface area contributed by atoms with E-state index in [1.165, 1.54) is 12.1 Å². The lowest BCUT2D eigenvalue weighted by Crippen LogP contribution is -2.32. The summed E-state index contributed by atoms with van der Waals surface area (Å²) in [6.07, 6.45) is 0.853. The van der Waals surface area contributed by atoms with Gasteiger partial charge in [-0.25, -0.2) is 0 Å². The van der Waals surface area contributed by atoms with Crippen LogP contribution in [0, 0.1) is 16.0 Å². The van der Waals surface area contributed by atoms with E-state index in [4.69, 9.17) is 10.2 Å². The summed E-state index contributed by atoms with van der Waals surface area (Å²) in [6.45, 7) is 3.10. The molecule has 1 amide bonds. The number of carbonyl (C=O) groups is 1. The van der Waals surface area contributed by atoms with Crippen LogP contribution in [0.2, 0.25) is 0 Å². The average Bonchev–Trinajstić information content (AvgIpc) is 2.97. The smallest absolute Gasteiger partial charge is 0.395 e. The molecule has 1 saturated heterocycles. The Hall–Kier alpha value is -1.60. The van der Waals surface area contributed by atoms with Crippen molar-refractivity contribution >= 4 is 24.2 Å². The Balaban J connectivity index is 0.00000180. The van der Waals surface area contributed by atoms with Gasteiger partial charge in [0.2, 0.25) is 0 Å². The molecule has 0 spiro atoms. The van der Waals surface area contributed by atoms with E-state index in [0.717, 1.165) is 6.42 Å². The monoisotopic (exact) mass is 289 g/mol. The highest BCUT2D eigenvalue weighted by Gasteiger charge is 2.31. The van der Waals surface area contributed by atoms with Crippen LogP contribution in [0.4, 0.5) is 5.88 Å². The first-order valence-electron chi connectivity index (χ1n) is 5.78. The number of amides is 1. The number of nitro groups is 1. The first-order valence-corrected chi connectivity index (χ1v) is 5.78. The molecule has 1 aromatic heterocycles. The van der Waals surface area contributed by atoms with Crippen molar-refractivity contribution in [3.8, 4) is 0 Å². The zero-order valence-electron chi connectivity index (χ0n) is 10.4. The van der Waals surface area contributed by atoms with E-state index in [-0.39, 0.29) is 36.0 Å². The quantitative estimate of drug-likeness (QED) is 0.669. The maximum absolute atomic E-state index is 12.0. The Kier molecular flexibility index (Phi) is 4.90. The van der Waals surface area contributed by atoms with Crippen LogP contribution in [0.5, 0.6) is 0 Å². The minimum atomic E-state index is -0.661. The lowest BCUT2D eigenvalue weighted by atomic mass is 10.0. The van der Waals surface area contributed by atoms with E-state index < -0.39 is 10.8 Å². The van der Waals surface area contributed by atoms with E-state index in [9.17, 15) is 14.9 Å². The third kappa shape index (κ3) is 3.24. The van der Waals surface area contributed by atoms with Crippen LogP contribution >= 0.6 is 12.4 Å². The van der Waals surface area contributed by atoms with Gasteiger partial charge in [0.15, 0.2) is 5.76 Å². The number of carbonyl (C=O) groups excluding carboxylic acids is 1. The molecule has 1 aliphatic heterocycles. The van der Waals surface area contributed by atoms with E-state index in [1.807, 2.05) is 6.92 Å². The molecule has 0 radical (unpaired) electrons. The Morgan fingerprint density at radius 3 is 2.79 bits per heavy atom. The zero-order valence-corrected chi connectivity index (χ0v) is 11.3. The number of rotatable bonds is 3. The molecule has 2 unspecified atom stereocenters. The molecule has 2 atom stereocenters. The van der Waals surface area contributed by atoms with Gasteiger partial charge < -0.3 is 15.1 Å². The average molecular weight is 290 g/mol. The van der Waals surface area contributed by atoms with Gasteiger partial charge in [0.05, 0.1) is 6.07 Å². The normalized spacial score (nSPS) is 19.9. The highest BCUT2D eigenvalue weighted by atomic mass is 35.5. The number of nitrogens with two attached hydrogens (primary N) is 1. The first kappa shape index (κ1) is 15.5. The van der Waals surface area contributed by atoms with Gasteiger partial charge in [0, 0.05) is 19.1 Å². The number of nitrogens with zero attached hydrogens (tertiary/aromatic N) is 2. The fourth-order valence-electron chi connectivity index (χ4n) is 2.10. The van der Waals surface area contributed by atoms with E-state index in [0.29, 0.717) is 13.1 Å². The number of likely N-dealkylation sites (tertiary alicyclic amines) is 1. The SMILES string of the molecule is CC(N)C1CCN(C(=O)c2ccc([N+](=O)[O-])o2)C1.Cl. The first-order chi connectivity index (χ1) is 8.49. The van der Waals surface area contributed by atoms with Crippen LogP contribution in [0.15, 0.2) is 16.5 Å². The van der Waals surface area contributed by atoms with Crippen molar-refractivity contribution in [3.63, 3.8) is 0 Å². The Morgan fingerprint density at radius 1 is 1.63 bits per heavy atom. The van der Waals surface area contributed by atoms with Crippen molar-refractivity contribution in [2.45, 2.75) is 19.4 Å². The largest absolute Gasteiger partial charge is 0.433 e. The molecule has 0 bridgehead atoms. The second kappa shape index (κ2) is 6.03. The summed E-state index contributed by atoms with van der Waals surface area (Å²) < 4.78 is 4.89. The molecule has 0 aliphatic carbocycles. The lowest BCUT2D eigenvalue weighted by Gasteiger charge is -2.16. The molecule has 7 nitrogen and oxygen atoms in total. The third-order valence-electron chi connectivity index (χ3n) is 3.24. The number of hydrogen-bond acceptors (Lipinski definition) is 5. The van der Waals surface area contributed by atoms with Crippen LogP contribution in [0.25, 0.3) is 0 Å². The van der Waals surface area contributed by atoms with Crippen LogP contribution in [-0.2, 0) is 0 Å². The summed E-state index contributed by atoms with van der Waals surface area (Å²) in [6, 6.07) is 2.56. The molecule has 19 heavy (non-hydrogen) atoms. The molecule has 106 valence electrons. The molecular formula is C11H16ClN3O4. The molecular weight excluding hydrogens is 274 g/mol. The van der Waals surface area contributed by atoms with Gasteiger partial charge in [-0.15, -0.1) is 12.4 Å². The van der Waals surface area contributed by atoms with Crippen molar-refractivity contribution in [3.05, 3.63) is 28.0 Å². The summed E-state index contributed by atoms with van der Waals surface area (Å²) in [4.78, 5) is 23.5. The van der Waals surface area contributed by atoms with E-state index in [2.05, 4.69) is 0 Å². The number of halogens is 1. The number of furan rings is 1. The van der Waals surface area contributed by atoms with Crippen molar-refractivity contribution < 1.29 is 14.1 Å². The zero-order chi connectivity index (χ0) is 13.3. The maximum Gasteiger partial charge on any atom is 0.433 e. The molecule has 0 saturated carbocycles.